The third kappa shape index (κ3) is 3.90. The molecule has 1 aliphatic carbocycles. The number of benzene rings is 1. The molecule has 1 amide bonds. The molecule has 3 heterocycles. The van der Waals surface area contributed by atoms with Crippen molar-refractivity contribution < 1.29 is 34.1 Å². The van der Waals surface area contributed by atoms with Crippen LogP contribution in [0.15, 0.2) is 28.5 Å². The molecule has 5 N–H and O–H groups in total. The van der Waals surface area contributed by atoms with Gasteiger partial charge in [-0.15, -0.1) is 0 Å². The predicted octanol–water partition coefficient (Wildman–Crippen LogP) is 0.214. The maximum Gasteiger partial charge on any atom is 0.236 e. The largest absolute Gasteiger partial charge is 0.504 e. The number of fused-ring (bicyclic) bond motifs is 6. The van der Waals surface area contributed by atoms with Crippen LogP contribution in [-0.2, 0) is 25.5 Å². The number of methoxy groups -OCH3 is 2. The van der Waals surface area contributed by atoms with E-state index >= 15 is 0 Å². The first kappa shape index (κ1) is 27.3. The highest BCUT2D eigenvalue weighted by Crippen LogP contribution is 2.53. The van der Waals surface area contributed by atoms with E-state index in [0.29, 0.717) is 23.3 Å². The number of likely N-dealkylation sites (N-methyl/N-ethyl adjacent to an activating group) is 1. The van der Waals surface area contributed by atoms with Crippen molar-refractivity contribution in [2.45, 2.75) is 70.0 Å². The minimum Gasteiger partial charge on any atom is -0.504 e. The fraction of sp³-hybridized carbons (Fsp3) is 0.536. The monoisotopic (exact) mass is 540 g/mol. The Bertz CT molecular complexity index is 1330. The number of nitrogens with one attached hydrogen (secondary N) is 1. The van der Waals surface area contributed by atoms with Crippen molar-refractivity contribution in [3.8, 4) is 11.5 Å². The molecule has 0 radical (unpaired) electrons. The average Bonchev–Trinajstić information content (AvgIpc) is 2.88. The van der Waals surface area contributed by atoms with Crippen LogP contribution in [0.1, 0.15) is 43.0 Å². The average molecular weight is 541 g/mol. The number of hydrogen-bond acceptors (Lipinski definition) is 10. The highest BCUT2D eigenvalue weighted by Gasteiger charge is 2.57. The van der Waals surface area contributed by atoms with Crippen molar-refractivity contribution in [1.82, 2.24) is 15.1 Å². The zero-order valence-corrected chi connectivity index (χ0v) is 23.1. The summed E-state index contributed by atoms with van der Waals surface area (Å²) in [5.74, 6) is -0.774. The number of phenols is 1. The number of hydrogen-bond donors (Lipinski definition) is 4. The predicted molar refractivity (Wildman–Crippen MR) is 141 cm³/mol. The topological polar surface area (TPSA) is 155 Å². The van der Waals surface area contributed by atoms with Crippen molar-refractivity contribution in [3.63, 3.8) is 0 Å². The molecule has 1 fully saturated rings. The van der Waals surface area contributed by atoms with Crippen LogP contribution >= 0.6 is 0 Å². The molecule has 0 aromatic heterocycles. The third-order valence-electron chi connectivity index (χ3n) is 8.78. The molecule has 0 unspecified atom stereocenters. The van der Waals surface area contributed by atoms with Gasteiger partial charge in [-0.2, -0.15) is 0 Å². The summed E-state index contributed by atoms with van der Waals surface area (Å²) < 4.78 is 10.8. The summed E-state index contributed by atoms with van der Waals surface area (Å²) in [6, 6.07) is -0.912. The third-order valence-corrected chi connectivity index (χ3v) is 8.78. The van der Waals surface area contributed by atoms with E-state index < -0.39 is 42.1 Å². The number of aliphatic hydroxyl groups is 1. The van der Waals surface area contributed by atoms with Gasteiger partial charge in [-0.3, -0.25) is 24.2 Å². The molecule has 6 atom stereocenters. The van der Waals surface area contributed by atoms with Gasteiger partial charge < -0.3 is 30.7 Å². The molecule has 210 valence electrons. The van der Waals surface area contributed by atoms with Crippen molar-refractivity contribution in [1.29, 1.82) is 0 Å². The summed E-state index contributed by atoms with van der Waals surface area (Å²) >= 11 is 0. The molecule has 11 nitrogen and oxygen atoms in total. The lowest BCUT2D eigenvalue weighted by Gasteiger charge is -2.60. The highest BCUT2D eigenvalue weighted by atomic mass is 16.5. The zero-order chi connectivity index (χ0) is 28.5. The summed E-state index contributed by atoms with van der Waals surface area (Å²) in [5.41, 5.74) is 8.92. The molecule has 3 aliphatic heterocycles. The number of amides is 1. The molecule has 1 aromatic rings. The van der Waals surface area contributed by atoms with Gasteiger partial charge in [-0.1, -0.05) is 6.07 Å². The van der Waals surface area contributed by atoms with Gasteiger partial charge in [-0.25, -0.2) is 0 Å². The summed E-state index contributed by atoms with van der Waals surface area (Å²) in [4.78, 5) is 43.7. The molecule has 39 heavy (non-hydrogen) atoms. The number of phenolic OH excluding ortho intramolecular Hbond substituents is 1. The Morgan fingerprint density at radius 2 is 1.87 bits per heavy atom. The molecule has 11 heteroatoms. The summed E-state index contributed by atoms with van der Waals surface area (Å²) in [6.45, 7) is 4.94. The van der Waals surface area contributed by atoms with Gasteiger partial charge in [-0.05, 0) is 51.8 Å². The van der Waals surface area contributed by atoms with Gasteiger partial charge in [0.2, 0.25) is 11.7 Å². The Balaban J connectivity index is 1.69. The van der Waals surface area contributed by atoms with Crippen molar-refractivity contribution in [2.75, 3.05) is 27.8 Å². The van der Waals surface area contributed by atoms with Crippen LogP contribution in [0.3, 0.4) is 0 Å². The van der Waals surface area contributed by atoms with E-state index in [0.717, 1.165) is 11.1 Å². The smallest absolute Gasteiger partial charge is 0.236 e. The van der Waals surface area contributed by atoms with Gasteiger partial charge in [0.25, 0.3) is 0 Å². The molecule has 4 aliphatic rings. The molecular formula is C28H36N4O7. The Morgan fingerprint density at radius 3 is 2.49 bits per heavy atom. The highest BCUT2D eigenvalue weighted by molar-refractivity contribution is 6.25. The maximum atomic E-state index is 13.7. The number of nitrogens with two attached hydrogens (primary N) is 1. The zero-order valence-electron chi connectivity index (χ0n) is 23.1. The molecule has 1 aromatic carbocycles. The lowest BCUT2D eigenvalue weighted by Crippen LogP contribution is -2.71. The molecule has 0 saturated carbocycles. The van der Waals surface area contributed by atoms with Gasteiger partial charge in [0, 0.05) is 34.9 Å². The molecule has 0 spiro atoms. The van der Waals surface area contributed by atoms with Crippen molar-refractivity contribution in [3.05, 3.63) is 45.2 Å². The van der Waals surface area contributed by atoms with Gasteiger partial charge >= 0.3 is 0 Å². The first-order valence-electron chi connectivity index (χ1n) is 13.1. The lowest BCUT2D eigenvalue weighted by molar-refractivity contribution is -0.167. The first-order valence-corrected chi connectivity index (χ1v) is 13.1. The summed E-state index contributed by atoms with van der Waals surface area (Å²) in [7, 11) is 4.74. The summed E-state index contributed by atoms with van der Waals surface area (Å²) in [5, 5.41) is 26.0. The van der Waals surface area contributed by atoms with Crippen LogP contribution in [0, 0.1) is 6.92 Å². The number of allylic oxidation sites excluding steroid dienone is 2. The normalized spacial score (nSPS) is 29.5. The van der Waals surface area contributed by atoms with E-state index in [1.54, 1.807) is 13.8 Å². The Kier molecular flexibility index (Phi) is 6.82. The molecule has 1 saturated heterocycles. The fourth-order valence-corrected chi connectivity index (χ4v) is 6.98. The van der Waals surface area contributed by atoms with Crippen LogP contribution in [0.5, 0.6) is 11.5 Å². The van der Waals surface area contributed by atoms with Gasteiger partial charge in [0.05, 0.1) is 38.4 Å². The number of aliphatic hydroxyl groups excluding tert-OH is 1. The molecular weight excluding hydrogens is 504 g/mol. The second kappa shape index (κ2) is 9.74. The Morgan fingerprint density at radius 1 is 1.18 bits per heavy atom. The number of Topliss-reactive ketones (excluding diaryl/α,β-unsaturated/α-hetero) is 2. The second-order valence-corrected chi connectivity index (χ2v) is 10.9. The minimum absolute atomic E-state index is 0.0320. The molecule has 5 rings (SSSR count). The van der Waals surface area contributed by atoms with E-state index in [1.807, 2.05) is 29.8 Å². The SMILES string of the molecule is COC1=C(C)C(=O)C2=C(C1=O)[C@H](CNC(=O)[C@H](C)N)N1[C@@H](O)[C@H]3Cc4cc(C)c(OC)c(O)c4[C@@H]([C@@H]1C2)N3C. The van der Waals surface area contributed by atoms with E-state index in [1.165, 1.54) is 14.2 Å². The number of rotatable bonds is 5. The van der Waals surface area contributed by atoms with Gasteiger partial charge in [0.15, 0.2) is 23.0 Å². The van der Waals surface area contributed by atoms with Crippen LogP contribution in [0.25, 0.3) is 0 Å². The van der Waals surface area contributed by atoms with E-state index in [4.69, 9.17) is 15.2 Å². The number of nitrogens with zero attached hydrogens (tertiary/aromatic N) is 2. The number of ketones is 2. The minimum atomic E-state index is -1.03. The van der Waals surface area contributed by atoms with Crippen molar-refractivity contribution >= 4 is 17.5 Å². The van der Waals surface area contributed by atoms with E-state index in [9.17, 15) is 24.6 Å². The lowest BCUT2D eigenvalue weighted by atomic mass is 9.71. The van der Waals surface area contributed by atoms with Gasteiger partial charge in [0.1, 0.15) is 6.23 Å². The number of carbonyl (C=O) groups is 3. The number of ether oxygens (including phenoxy) is 2. The maximum absolute atomic E-state index is 13.7. The standard InChI is InChI=1S/C28H36N4O7/c1-11-7-14-8-17-28(37)32-16(21(31(17)4)19(14)23(34)25(11)38-5)9-15-20(18(32)10-30-27(36)13(3)29)24(35)26(39-6)12(2)22(15)33/h7,13,16-18,21,28,34,37H,8-10,29H2,1-6H3,(H,30,36)/t13-,16-,17+,18-,21+,28-/m0/s1. The Hall–Kier alpha value is -3.25. The number of aromatic hydroxyl groups is 1. The van der Waals surface area contributed by atoms with E-state index in [2.05, 4.69) is 5.32 Å². The Labute approximate surface area is 227 Å². The van der Waals surface area contributed by atoms with Crippen LogP contribution in [0.2, 0.25) is 0 Å². The van der Waals surface area contributed by atoms with Crippen LogP contribution in [-0.4, -0.2) is 95.7 Å². The number of piperazine rings is 1. The second-order valence-electron chi connectivity index (χ2n) is 10.9. The number of aryl methyl sites for hydroxylation is 1. The van der Waals surface area contributed by atoms with Crippen LogP contribution < -0.4 is 15.8 Å². The number of carbonyl (C=O) groups excluding carboxylic acids is 3. The van der Waals surface area contributed by atoms with Crippen molar-refractivity contribution in [2.24, 2.45) is 5.73 Å². The fourth-order valence-electron chi connectivity index (χ4n) is 6.98. The first-order chi connectivity index (χ1) is 18.4. The summed E-state index contributed by atoms with van der Waals surface area (Å²) in [6.07, 6.45) is -0.411. The van der Waals surface area contributed by atoms with Crippen LogP contribution in [0.4, 0.5) is 0 Å². The quantitative estimate of drug-likeness (QED) is 0.381. The van der Waals surface area contributed by atoms with E-state index in [-0.39, 0.29) is 47.4 Å². The molecule has 2 bridgehead atoms.